The number of carbonyl (C=O) groups is 1. The third-order valence-electron chi connectivity index (χ3n) is 6.04. The summed E-state index contributed by atoms with van der Waals surface area (Å²) in [6, 6.07) is 19.3. The fraction of sp³-hybridized carbons (Fsp3) is 0.269. The van der Waals surface area contributed by atoms with Gasteiger partial charge in [0, 0.05) is 60.1 Å². The van der Waals surface area contributed by atoms with Crippen molar-refractivity contribution in [2.75, 3.05) is 36.8 Å². The Hall–Kier alpha value is -3.42. The Balaban J connectivity index is 1.39. The van der Waals surface area contributed by atoms with Crippen molar-refractivity contribution in [3.05, 3.63) is 71.8 Å². The number of nitrogens with zero attached hydrogens (tertiary/aromatic N) is 3. The van der Waals surface area contributed by atoms with Crippen LogP contribution in [0.15, 0.2) is 60.7 Å². The molecule has 2 atom stereocenters. The average molecular weight is 493 g/mol. The molecule has 4 rings (SSSR count). The standard InChI is InChI=1S/C26H28N4O4S/c1-19(17-26(31)32)30(35(33)34)29-15-13-28(14-16-29)23-10-7-20(8-11-23)5-6-21-9-12-24-22(18-21)3-2-4-25(24)27/h2-4,7-12,18-19H,13-17,27H2,1H3,(H,31,32)(H,33,34). The van der Waals surface area contributed by atoms with Crippen LogP contribution < -0.4 is 10.6 Å². The van der Waals surface area contributed by atoms with Crippen LogP contribution in [-0.2, 0) is 16.1 Å². The van der Waals surface area contributed by atoms with Gasteiger partial charge in [-0.3, -0.25) is 9.35 Å². The normalized spacial score (nSPS) is 16.0. The molecule has 3 aromatic rings. The molecule has 1 heterocycles. The summed E-state index contributed by atoms with van der Waals surface area (Å²) >= 11 is -2.28. The molecule has 9 heteroatoms. The number of hydrogen-bond acceptors (Lipinski definition) is 5. The van der Waals surface area contributed by atoms with Crippen molar-refractivity contribution in [3.8, 4) is 11.8 Å². The second-order valence-corrected chi connectivity index (χ2v) is 9.34. The van der Waals surface area contributed by atoms with Crippen LogP contribution in [0.25, 0.3) is 10.8 Å². The number of rotatable bonds is 6. The molecule has 1 aliphatic heterocycles. The van der Waals surface area contributed by atoms with Crippen molar-refractivity contribution in [1.82, 2.24) is 9.42 Å². The number of piperazine rings is 1. The Morgan fingerprint density at radius 3 is 2.37 bits per heavy atom. The molecule has 8 nitrogen and oxygen atoms in total. The molecule has 1 aliphatic rings. The zero-order valence-electron chi connectivity index (χ0n) is 19.4. The lowest BCUT2D eigenvalue weighted by atomic mass is 10.1. The number of carboxylic acids is 1. The molecule has 182 valence electrons. The molecule has 3 aromatic carbocycles. The number of aliphatic carboxylic acids is 1. The summed E-state index contributed by atoms with van der Waals surface area (Å²) < 4.78 is 22.8. The first-order chi connectivity index (χ1) is 16.8. The van der Waals surface area contributed by atoms with E-state index in [-0.39, 0.29) is 6.42 Å². The van der Waals surface area contributed by atoms with Gasteiger partial charge in [-0.05, 0) is 54.8 Å². The maximum Gasteiger partial charge on any atom is 0.305 e. The van der Waals surface area contributed by atoms with Gasteiger partial charge in [-0.1, -0.05) is 30.0 Å². The van der Waals surface area contributed by atoms with Crippen LogP contribution in [0.1, 0.15) is 24.5 Å². The van der Waals surface area contributed by atoms with Crippen molar-refractivity contribution < 1.29 is 18.7 Å². The molecule has 1 fully saturated rings. The molecule has 2 unspecified atom stereocenters. The number of hydrazine groups is 1. The predicted octanol–water partition coefficient (Wildman–Crippen LogP) is 3.16. The summed E-state index contributed by atoms with van der Waals surface area (Å²) in [5.74, 6) is 5.42. The van der Waals surface area contributed by atoms with Crippen molar-refractivity contribution >= 4 is 39.4 Å². The fourth-order valence-corrected chi connectivity index (χ4v) is 5.04. The van der Waals surface area contributed by atoms with Crippen LogP contribution in [0.4, 0.5) is 11.4 Å². The summed E-state index contributed by atoms with van der Waals surface area (Å²) in [6.45, 7) is 3.98. The van der Waals surface area contributed by atoms with Gasteiger partial charge in [-0.2, -0.15) is 0 Å². The highest BCUT2D eigenvalue weighted by Gasteiger charge is 2.30. The minimum absolute atomic E-state index is 0.206. The number of fused-ring (bicyclic) bond motifs is 1. The van der Waals surface area contributed by atoms with E-state index in [4.69, 9.17) is 10.8 Å². The fourth-order valence-electron chi connectivity index (χ4n) is 4.30. The summed E-state index contributed by atoms with van der Waals surface area (Å²) in [5, 5.41) is 12.9. The predicted molar refractivity (Wildman–Crippen MR) is 139 cm³/mol. The number of anilines is 2. The monoisotopic (exact) mass is 492 g/mol. The Labute approximate surface area is 207 Å². The number of benzene rings is 3. The summed E-state index contributed by atoms with van der Waals surface area (Å²) in [5.41, 5.74) is 9.65. The third kappa shape index (κ3) is 5.99. The SMILES string of the molecule is CC(CC(=O)O)N(N1CCN(c2ccc(C#Cc3ccc4c(N)cccc4c3)cc2)CC1)S(=O)O. The molecule has 0 aliphatic carbocycles. The summed E-state index contributed by atoms with van der Waals surface area (Å²) in [6.07, 6.45) is -0.206. The molecule has 0 saturated carbocycles. The van der Waals surface area contributed by atoms with Gasteiger partial charge in [0.2, 0.25) is 11.3 Å². The second-order valence-electron chi connectivity index (χ2n) is 8.50. The van der Waals surface area contributed by atoms with Crippen LogP contribution in [0, 0.1) is 11.8 Å². The largest absolute Gasteiger partial charge is 0.481 e. The van der Waals surface area contributed by atoms with Gasteiger partial charge >= 0.3 is 5.97 Å². The maximum absolute atomic E-state index is 11.8. The van der Waals surface area contributed by atoms with Crippen molar-refractivity contribution in [2.24, 2.45) is 0 Å². The van der Waals surface area contributed by atoms with E-state index < -0.39 is 23.3 Å². The van der Waals surface area contributed by atoms with Crippen LogP contribution >= 0.6 is 0 Å². The topological polar surface area (TPSA) is 110 Å². The van der Waals surface area contributed by atoms with Crippen LogP contribution in [-0.4, -0.2) is 61.5 Å². The Kier molecular flexibility index (Phi) is 7.68. The molecule has 1 saturated heterocycles. The van der Waals surface area contributed by atoms with E-state index in [1.165, 1.54) is 4.41 Å². The van der Waals surface area contributed by atoms with Crippen LogP contribution in [0.2, 0.25) is 0 Å². The average Bonchev–Trinajstić information content (AvgIpc) is 2.83. The van der Waals surface area contributed by atoms with E-state index in [0.29, 0.717) is 26.2 Å². The van der Waals surface area contributed by atoms with E-state index in [0.717, 1.165) is 33.3 Å². The first-order valence-electron chi connectivity index (χ1n) is 11.3. The highest BCUT2D eigenvalue weighted by atomic mass is 32.2. The maximum atomic E-state index is 11.8. The van der Waals surface area contributed by atoms with Crippen molar-refractivity contribution in [1.29, 1.82) is 0 Å². The molecule has 4 N–H and O–H groups in total. The number of hydrogen-bond donors (Lipinski definition) is 3. The lowest BCUT2D eigenvalue weighted by molar-refractivity contribution is -0.139. The summed E-state index contributed by atoms with van der Waals surface area (Å²) in [7, 11) is 0. The van der Waals surface area contributed by atoms with Gasteiger partial charge in [0.05, 0.1) is 6.42 Å². The lowest BCUT2D eigenvalue weighted by Crippen LogP contribution is -2.57. The van der Waals surface area contributed by atoms with E-state index in [9.17, 15) is 13.6 Å². The van der Waals surface area contributed by atoms with Gasteiger partial charge in [-0.15, -0.1) is 4.41 Å². The van der Waals surface area contributed by atoms with Gasteiger partial charge in [0.1, 0.15) is 0 Å². The molecule has 0 aromatic heterocycles. The molecule has 0 amide bonds. The Morgan fingerprint density at radius 1 is 1.06 bits per heavy atom. The van der Waals surface area contributed by atoms with Gasteiger partial charge in [-0.25, -0.2) is 9.22 Å². The van der Waals surface area contributed by atoms with E-state index in [1.54, 1.807) is 11.9 Å². The quantitative estimate of drug-likeness (QED) is 0.275. The Morgan fingerprint density at radius 2 is 1.71 bits per heavy atom. The molecular formula is C26H28N4O4S. The van der Waals surface area contributed by atoms with Crippen LogP contribution in [0.3, 0.4) is 0 Å². The number of carboxylic acid groups (broad SMARTS) is 1. The molecular weight excluding hydrogens is 464 g/mol. The van der Waals surface area contributed by atoms with Gasteiger partial charge < -0.3 is 15.7 Å². The van der Waals surface area contributed by atoms with Gasteiger partial charge in [0.25, 0.3) is 0 Å². The highest BCUT2D eigenvalue weighted by Crippen LogP contribution is 2.22. The van der Waals surface area contributed by atoms with E-state index in [2.05, 4.69) is 16.7 Å². The minimum Gasteiger partial charge on any atom is -0.481 e. The first kappa shape index (κ1) is 24.7. The second kappa shape index (κ2) is 10.9. The summed E-state index contributed by atoms with van der Waals surface area (Å²) in [4.78, 5) is 13.2. The minimum atomic E-state index is -2.28. The van der Waals surface area contributed by atoms with E-state index in [1.807, 2.05) is 60.7 Å². The Bertz CT molecular complexity index is 1290. The number of nitrogen functional groups attached to an aromatic ring is 1. The van der Waals surface area contributed by atoms with Crippen LogP contribution in [0.5, 0.6) is 0 Å². The molecule has 0 spiro atoms. The smallest absolute Gasteiger partial charge is 0.305 e. The lowest BCUT2D eigenvalue weighted by Gasteiger charge is -2.41. The number of nitrogens with two attached hydrogens (primary N) is 1. The zero-order valence-corrected chi connectivity index (χ0v) is 20.2. The third-order valence-corrected chi connectivity index (χ3v) is 6.95. The highest BCUT2D eigenvalue weighted by molar-refractivity contribution is 7.76. The zero-order chi connectivity index (χ0) is 24.9. The van der Waals surface area contributed by atoms with Gasteiger partial charge in [0.15, 0.2) is 0 Å². The first-order valence-corrected chi connectivity index (χ1v) is 12.4. The van der Waals surface area contributed by atoms with Crippen molar-refractivity contribution in [2.45, 2.75) is 19.4 Å². The molecule has 0 radical (unpaired) electrons. The van der Waals surface area contributed by atoms with Crippen molar-refractivity contribution in [3.63, 3.8) is 0 Å². The van der Waals surface area contributed by atoms with E-state index >= 15 is 0 Å². The molecule has 0 bridgehead atoms. The molecule has 35 heavy (non-hydrogen) atoms.